The van der Waals surface area contributed by atoms with Crippen LogP contribution in [0.1, 0.15) is 19.3 Å². The molecular weight excluding hydrogens is 791 g/mol. The molecule has 0 atom stereocenters. The highest BCUT2D eigenvalue weighted by Gasteiger charge is 2.50. The molecule has 20 heteroatoms. The molecule has 296 valence electrons. The average molecular weight is 865 g/mol. The van der Waals surface area contributed by atoms with Gasteiger partial charge in [0.1, 0.15) is 5.76 Å². The summed E-state index contributed by atoms with van der Waals surface area (Å²) in [5.41, 5.74) is 5.03. The van der Waals surface area contributed by atoms with E-state index < -0.39 is 73.6 Å². The van der Waals surface area contributed by atoms with Crippen LogP contribution in [0.4, 0.5) is 9.59 Å². The molecule has 0 radical (unpaired) electrons. The lowest BCUT2D eigenvalue weighted by Crippen LogP contribution is -2.60. The summed E-state index contributed by atoms with van der Waals surface area (Å²) in [7, 11) is -16.8. The van der Waals surface area contributed by atoms with Crippen molar-refractivity contribution in [3.8, 4) is 0 Å². The lowest BCUT2D eigenvalue weighted by Gasteiger charge is -2.43. The van der Waals surface area contributed by atoms with Crippen LogP contribution in [0.3, 0.4) is 0 Å². The number of ether oxygens (including phenoxy) is 2. The molecule has 0 aliphatic heterocycles. The second-order valence-corrected chi connectivity index (χ2v) is 53.0. The number of nitrogens with two attached hydrogens (primary N) is 1. The molecule has 0 saturated carbocycles. The average Bonchev–Trinajstić information content (AvgIpc) is 2.74. The minimum absolute atomic E-state index is 0.328. The number of hydrogen-bond donors (Lipinski definition) is 1. The van der Waals surface area contributed by atoms with Crippen molar-refractivity contribution < 1.29 is 43.8 Å². The van der Waals surface area contributed by atoms with Crippen LogP contribution in [-0.4, -0.2) is 84.7 Å². The van der Waals surface area contributed by atoms with Crippen molar-refractivity contribution in [1.29, 1.82) is 0 Å². The molecule has 50 heavy (non-hydrogen) atoms. The molecule has 0 unspecified atom stereocenters. The van der Waals surface area contributed by atoms with Gasteiger partial charge >= 0.3 is 29.0 Å². The molecule has 0 bridgehead atoms. The minimum Gasteiger partial charge on any atom is -0.427 e. The maximum atomic E-state index is 11.5. The molecule has 0 rings (SSSR count). The number of allylic oxidation sites excluding steroid dienone is 1. The summed E-state index contributed by atoms with van der Waals surface area (Å²) in [6, 6.07) is 1.42. The van der Waals surface area contributed by atoms with Gasteiger partial charge in [-0.25, -0.2) is 9.59 Å². The van der Waals surface area contributed by atoms with Gasteiger partial charge in [0.25, 0.3) is 0 Å². The summed E-state index contributed by atoms with van der Waals surface area (Å²) in [6.07, 6.45) is 2.37. The number of hydrogen-bond acceptors (Lipinski definition) is 11. The quantitative estimate of drug-likeness (QED) is 0.0482. The molecule has 0 aromatic carbocycles. The van der Waals surface area contributed by atoms with E-state index in [1.807, 2.05) is 0 Å². The van der Waals surface area contributed by atoms with Gasteiger partial charge < -0.3 is 39.9 Å². The highest BCUT2D eigenvalue weighted by Crippen LogP contribution is 2.32. The third-order valence-corrected chi connectivity index (χ3v) is 29.9. The Hall–Kier alpha value is 0.0651. The zero-order chi connectivity index (χ0) is 40.0. The minimum atomic E-state index is -2.84. The molecule has 0 spiro atoms. The molecule has 0 fully saturated rings. The van der Waals surface area contributed by atoms with Crippen molar-refractivity contribution >= 4 is 90.7 Å². The fourth-order valence-electron chi connectivity index (χ4n) is 4.47. The molecule has 0 heterocycles. The standard InChI is InChI=1S/C15H37NO5Si4.C15H36O5SSi4/c1-14(18-15(16)17)12-11-13-25(19-22(2,3)4,20-23(5,6)7)21-24(8,9)10;1-11-17-15(16)21-13-12-14-25(18-22(2,3)4,19-23(5,6)7)20-24(8,9)10/h1,11-13H2,2-10H3,(H2,16,17);11H,1,12-14H2,2-10H3. The molecule has 0 saturated heterocycles. The van der Waals surface area contributed by atoms with E-state index in [2.05, 4.69) is 131 Å². The van der Waals surface area contributed by atoms with Crippen molar-refractivity contribution in [3.63, 3.8) is 0 Å². The van der Waals surface area contributed by atoms with Crippen LogP contribution >= 0.6 is 11.8 Å². The van der Waals surface area contributed by atoms with E-state index in [4.69, 9.17) is 39.9 Å². The highest BCUT2D eigenvalue weighted by atomic mass is 32.2. The SMILES string of the molecule is C=C(CCC[Si](O[Si](C)(C)C)(O[Si](C)(C)C)O[Si](C)(C)C)OC(N)=O.C=COC(=O)SCCC[Si](O[Si](C)(C)C)(O[Si](C)(C)C)O[Si](C)(C)C. The van der Waals surface area contributed by atoms with Crippen molar-refractivity contribution in [2.75, 3.05) is 5.75 Å². The highest BCUT2D eigenvalue weighted by molar-refractivity contribution is 8.13. The molecule has 0 aromatic heterocycles. The fourth-order valence-corrected chi connectivity index (χ4v) is 34.6. The van der Waals surface area contributed by atoms with E-state index in [-0.39, 0.29) is 5.30 Å². The molecule has 11 nitrogen and oxygen atoms in total. The summed E-state index contributed by atoms with van der Waals surface area (Å²) in [5, 5.41) is -0.328. The van der Waals surface area contributed by atoms with Crippen LogP contribution in [0, 0.1) is 0 Å². The second kappa shape index (κ2) is 21.2. The van der Waals surface area contributed by atoms with E-state index >= 15 is 0 Å². The Morgan fingerprint density at radius 2 is 0.880 bits per heavy atom. The summed E-state index contributed by atoms with van der Waals surface area (Å²) in [6.45, 7) is 46.1. The number of thioether (sulfide) groups is 1. The number of primary amides is 1. The van der Waals surface area contributed by atoms with E-state index in [0.717, 1.165) is 36.9 Å². The Kier molecular flexibility index (Phi) is 22.2. The van der Waals surface area contributed by atoms with E-state index in [1.54, 1.807) is 0 Å². The molecule has 0 aliphatic carbocycles. The lowest BCUT2D eigenvalue weighted by molar-refractivity contribution is 0.183. The van der Waals surface area contributed by atoms with Crippen LogP contribution in [0.2, 0.25) is 130 Å². The maximum Gasteiger partial charge on any atom is 0.469 e. The lowest BCUT2D eigenvalue weighted by atomic mass is 10.3. The van der Waals surface area contributed by atoms with Crippen molar-refractivity contribution in [2.45, 2.75) is 149 Å². The molecule has 2 N–H and O–H groups in total. The first-order valence-corrected chi connectivity index (χ1v) is 42.6. The summed E-state index contributed by atoms with van der Waals surface area (Å²) < 4.78 is 49.1. The van der Waals surface area contributed by atoms with Crippen molar-refractivity contribution in [1.82, 2.24) is 0 Å². The van der Waals surface area contributed by atoms with Gasteiger partial charge in [-0.15, -0.1) is 0 Å². The summed E-state index contributed by atoms with van der Waals surface area (Å²) >= 11 is 1.15. The Morgan fingerprint density at radius 1 is 0.580 bits per heavy atom. The predicted molar refractivity (Wildman–Crippen MR) is 231 cm³/mol. The number of rotatable bonds is 22. The van der Waals surface area contributed by atoms with Gasteiger partial charge in [0, 0.05) is 24.3 Å². The third-order valence-electron chi connectivity index (χ3n) is 4.98. The van der Waals surface area contributed by atoms with Crippen molar-refractivity contribution in [2.24, 2.45) is 5.73 Å². The molecular formula is C30H73NO10SSi8. The van der Waals surface area contributed by atoms with Crippen LogP contribution < -0.4 is 5.73 Å². The van der Waals surface area contributed by atoms with Gasteiger partial charge in [0.15, 0.2) is 49.9 Å². The normalized spacial score (nSPS) is 13.6. The first-order chi connectivity index (χ1) is 22.0. The monoisotopic (exact) mass is 863 g/mol. The van der Waals surface area contributed by atoms with Gasteiger partial charge in [-0.3, -0.25) is 0 Å². The Morgan fingerprint density at radius 3 is 1.14 bits per heavy atom. The van der Waals surface area contributed by atoms with Gasteiger partial charge in [-0.2, -0.15) is 0 Å². The molecule has 0 aromatic rings. The number of amides is 1. The summed E-state index contributed by atoms with van der Waals surface area (Å²) in [5.74, 6) is 1.02. The van der Waals surface area contributed by atoms with Gasteiger partial charge in [0.2, 0.25) is 0 Å². The predicted octanol–water partition coefficient (Wildman–Crippen LogP) is 10.8. The molecule has 0 aliphatic rings. The summed E-state index contributed by atoms with van der Waals surface area (Å²) in [4.78, 5) is 22.3. The second-order valence-electron chi connectivity index (χ2n) is 18.0. The van der Waals surface area contributed by atoms with E-state index in [1.165, 1.54) is 0 Å². The third kappa shape index (κ3) is 31.6. The number of carbonyl (C=O) groups excluding carboxylic acids is 2. The van der Waals surface area contributed by atoms with E-state index in [0.29, 0.717) is 24.0 Å². The van der Waals surface area contributed by atoms with Gasteiger partial charge in [-0.1, -0.05) is 13.2 Å². The van der Waals surface area contributed by atoms with Crippen LogP contribution in [0.15, 0.2) is 25.2 Å². The van der Waals surface area contributed by atoms with Gasteiger partial charge in [0.05, 0.1) is 6.26 Å². The first-order valence-electron chi connectivity index (χ1n) is 17.3. The van der Waals surface area contributed by atoms with Gasteiger partial charge in [-0.05, 0) is 142 Å². The van der Waals surface area contributed by atoms with Crippen LogP contribution in [0.5, 0.6) is 0 Å². The molecule has 1 amide bonds. The Balaban J connectivity index is 0. The van der Waals surface area contributed by atoms with Crippen LogP contribution in [0.25, 0.3) is 0 Å². The van der Waals surface area contributed by atoms with Crippen molar-refractivity contribution in [3.05, 3.63) is 25.2 Å². The Labute approximate surface area is 318 Å². The number of carbonyl (C=O) groups is 2. The van der Waals surface area contributed by atoms with E-state index in [9.17, 15) is 9.59 Å². The topological polar surface area (TPSA) is 134 Å². The first kappa shape index (κ1) is 52.2. The Bertz CT molecular complexity index is 995. The zero-order valence-electron chi connectivity index (χ0n) is 34.8. The fraction of sp³-hybridized carbons (Fsp3) is 0.800. The largest absolute Gasteiger partial charge is 0.469 e. The zero-order valence-corrected chi connectivity index (χ0v) is 43.6. The smallest absolute Gasteiger partial charge is 0.427 e. The maximum absolute atomic E-state index is 11.5. The van der Waals surface area contributed by atoms with Crippen LogP contribution in [-0.2, 0) is 34.2 Å².